The third-order valence-corrected chi connectivity index (χ3v) is 3.50. The zero-order valence-electron chi connectivity index (χ0n) is 13.4. The van der Waals surface area contributed by atoms with E-state index in [1.165, 1.54) is 18.3 Å². The zero-order chi connectivity index (χ0) is 18.5. The molecule has 3 rings (SSSR count). The van der Waals surface area contributed by atoms with E-state index in [9.17, 15) is 18.7 Å². The molecule has 0 aliphatic rings. The summed E-state index contributed by atoms with van der Waals surface area (Å²) in [6.45, 7) is 0.0699. The normalized spacial score (nSPS) is 10.4. The van der Waals surface area contributed by atoms with E-state index in [0.29, 0.717) is 17.2 Å². The lowest BCUT2D eigenvalue weighted by Gasteiger charge is -2.11. The molecule has 7 heteroatoms. The van der Waals surface area contributed by atoms with Crippen LogP contribution in [0.25, 0.3) is 0 Å². The number of rotatable bonds is 5. The number of halogens is 2. The summed E-state index contributed by atoms with van der Waals surface area (Å²) in [6.07, 6.45) is 1.46. The lowest BCUT2D eigenvalue weighted by Crippen LogP contribution is -2.23. The Kier molecular flexibility index (Phi) is 5.07. The first-order valence-corrected chi connectivity index (χ1v) is 7.67. The van der Waals surface area contributed by atoms with Gasteiger partial charge in [-0.05, 0) is 36.4 Å². The van der Waals surface area contributed by atoms with Crippen molar-refractivity contribution in [2.45, 2.75) is 6.54 Å². The fourth-order valence-electron chi connectivity index (χ4n) is 2.24. The molecule has 0 aliphatic carbocycles. The van der Waals surface area contributed by atoms with Crippen molar-refractivity contribution in [2.24, 2.45) is 0 Å². The molecule has 0 radical (unpaired) electrons. The number of amides is 1. The van der Waals surface area contributed by atoms with Crippen LogP contribution < -0.4 is 10.1 Å². The van der Waals surface area contributed by atoms with E-state index in [1.807, 2.05) is 0 Å². The van der Waals surface area contributed by atoms with E-state index < -0.39 is 17.5 Å². The number of hydrogen-bond donors (Lipinski definition) is 2. The van der Waals surface area contributed by atoms with E-state index in [1.54, 1.807) is 24.3 Å². The van der Waals surface area contributed by atoms with Gasteiger partial charge in [0.2, 0.25) is 5.88 Å². The molecular weight excluding hydrogens is 342 g/mol. The highest BCUT2D eigenvalue weighted by Crippen LogP contribution is 2.26. The van der Waals surface area contributed by atoms with Crippen LogP contribution in [0.4, 0.5) is 8.78 Å². The summed E-state index contributed by atoms with van der Waals surface area (Å²) in [4.78, 5) is 16.2. The average molecular weight is 356 g/mol. The molecule has 26 heavy (non-hydrogen) atoms. The first-order valence-electron chi connectivity index (χ1n) is 7.67. The molecule has 132 valence electrons. The summed E-state index contributed by atoms with van der Waals surface area (Å²) in [5.41, 5.74) is 0.797. The number of nitrogens with one attached hydrogen (secondary N) is 1. The number of carbonyl (C=O) groups excluding carboxylic acids is 1. The van der Waals surface area contributed by atoms with Gasteiger partial charge < -0.3 is 15.2 Å². The molecule has 0 saturated heterocycles. The highest BCUT2D eigenvalue weighted by Gasteiger charge is 2.12. The van der Waals surface area contributed by atoms with Crippen LogP contribution in [0.2, 0.25) is 0 Å². The fourth-order valence-corrected chi connectivity index (χ4v) is 2.24. The van der Waals surface area contributed by atoms with Crippen molar-refractivity contribution in [3.8, 4) is 17.4 Å². The van der Waals surface area contributed by atoms with Crippen molar-refractivity contribution in [2.75, 3.05) is 0 Å². The number of aromatic nitrogens is 1. The molecule has 0 saturated carbocycles. The van der Waals surface area contributed by atoms with Gasteiger partial charge in [0, 0.05) is 29.9 Å². The van der Waals surface area contributed by atoms with Gasteiger partial charge in [0.15, 0.2) is 11.6 Å². The SMILES string of the molecule is O=C(NCc1cccnc1Oc1ccc(F)cc1F)c1cccc(O)c1. The van der Waals surface area contributed by atoms with Gasteiger partial charge in [-0.1, -0.05) is 12.1 Å². The Hall–Kier alpha value is -3.48. The third-order valence-electron chi connectivity index (χ3n) is 3.50. The minimum absolute atomic E-state index is 0.0187. The lowest BCUT2D eigenvalue weighted by molar-refractivity contribution is 0.0950. The summed E-state index contributed by atoms with van der Waals surface area (Å²) in [7, 11) is 0. The summed E-state index contributed by atoms with van der Waals surface area (Å²) in [5, 5.41) is 12.1. The van der Waals surface area contributed by atoms with Gasteiger partial charge in [-0.25, -0.2) is 13.8 Å². The van der Waals surface area contributed by atoms with Gasteiger partial charge in [0.1, 0.15) is 11.6 Å². The summed E-state index contributed by atoms with van der Waals surface area (Å²) in [6, 6.07) is 12.2. The van der Waals surface area contributed by atoms with Crippen LogP contribution in [-0.2, 0) is 6.54 Å². The first-order chi connectivity index (χ1) is 12.5. The van der Waals surface area contributed by atoms with Crippen molar-refractivity contribution in [3.63, 3.8) is 0 Å². The Morgan fingerprint density at radius 3 is 2.73 bits per heavy atom. The molecule has 0 fully saturated rings. The Balaban J connectivity index is 1.74. The van der Waals surface area contributed by atoms with Crippen LogP contribution in [0, 0.1) is 11.6 Å². The molecule has 0 spiro atoms. The maximum Gasteiger partial charge on any atom is 0.251 e. The zero-order valence-corrected chi connectivity index (χ0v) is 13.4. The van der Waals surface area contributed by atoms with Crippen molar-refractivity contribution in [3.05, 3.63) is 83.6 Å². The predicted octanol–water partition coefficient (Wildman–Crippen LogP) is 3.79. The Labute approximate surface area is 147 Å². The molecule has 5 nitrogen and oxygen atoms in total. The smallest absolute Gasteiger partial charge is 0.251 e. The Morgan fingerprint density at radius 2 is 1.96 bits per heavy atom. The van der Waals surface area contributed by atoms with Crippen LogP contribution in [0.5, 0.6) is 17.4 Å². The molecule has 3 aromatic rings. The second kappa shape index (κ2) is 7.60. The van der Waals surface area contributed by atoms with E-state index in [4.69, 9.17) is 4.74 Å². The van der Waals surface area contributed by atoms with Gasteiger partial charge in [0.05, 0.1) is 0 Å². The van der Waals surface area contributed by atoms with Crippen molar-refractivity contribution >= 4 is 5.91 Å². The molecule has 1 heterocycles. The summed E-state index contributed by atoms with van der Waals surface area (Å²) < 4.78 is 32.2. The quantitative estimate of drug-likeness (QED) is 0.730. The van der Waals surface area contributed by atoms with Crippen molar-refractivity contribution in [1.29, 1.82) is 0 Å². The Bertz CT molecular complexity index is 948. The topological polar surface area (TPSA) is 71.5 Å². The van der Waals surface area contributed by atoms with Gasteiger partial charge in [-0.15, -0.1) is 0 Å². The molecule has 0 aliphatic heterocycles. The molecule has 0 bridgehead atoms. The van der Waals surface area contributed by atoms with Crippen LogP contribution in [-0.4, -0.2) is 16.0 Å². The number of pyridine rings is 1. The molecular formula is C19H14F2N2O3. The average Bonchev–Trinajstić information content (AvgIpc) is 2.63. The number of phenolic OH excluding ortho intramolecular Hbond substituents is 1. The van der Waals surface area contributed by atoms with Gasteiger partial charge >= 0.3 is 0 Å². The van der Waals surface area contributed by atoms with Crippen LogP contribution in [0.1, 0.15) is 15.9 Å². The number of nitrogens with zero attached hydrogens (tertiary/aromatic N) is 1. The molecule has 2 N–H and O–H groups in total. The number of ether oxygens (including phenoxy) is 1. The van der Waals surface area contributed by atoms with E-state index in [0.717, 1.165) is 12.1 Å². The molecule has 0 unspecified atom stereocenters. The standard InChI is InChI=1S/C19H14F2N2O3/c20-14-6-7-17(16(21)10-14)26-19-13(4-2-8-22-19)11-23-18(25)12-3-1-5-15(24)9-12/h1-10,24H,11H2,(H,23,25). The minimum Gasteiger partial charge on any atom is -0.508 e. The molecule has 1 aromatic heterocycles. The van der Waals surface area contributed by atoms with Crippen molar-refractivity contribution in [1.82, 2.24) is 10.3 Å². The lowest BCUT2D eigenvalue weighted by atomic mass is 10.2. The third kappa shape index (κ3) is 4.13. The highest BCUT2D eigenvalue weighted by molar-refractivity contribution is 5.94. The number of phenols is 1. The van der Waals surface area contributed by atoms with Crippen LogP contribution in [0.15, 0.2) is 60.8 Å². The highest BCUT2D eigenvalue weighted by atomic mass is 19.1. The summed E-state index contributed by atoms with van der Waals surface area (Å²) >= 11 is 0. The number of carbonyl (C=O) groups is 1. The minimum atomic E-state index is -0.856. The van der Waals surface area contributed by atoms with Gasteiger partial charge in [-0.2, -0.15) is 0 Å². The van der Waals surface area contributed by atoms with Crippen molar-refractivity contribution < 1.29 is 23.4 Å². The van der Waals surface area contributed by atoms with E-state index >= 15 is 0 Å². The monoisotopic (exact) mass is 356 g/mol. The van der Waals surface area contributed by atoms with Crippen LogP contribution in [0.3, 0.4) is 0 Å². The van der Waals surface area contributed by atoms with E-state index in [-0.39, 0.29) is 23.9 Å². The fraction of sp³-hybridized carbons (Fsp3) is 0.0526. The molecule has 2 aromatic carbocycles. The predicted molar refractivity (Wildman–Crippen MR) is 89.9 cm³/mol. The number of benzene rings is 2. The van der Waals surface area contributed by atoms with Gasteiger partial charge in [0.25, 0.3) is 5.91 Å². The van der Waals surface area contributed by atoms with Crippen LogP contribution >= 0.6 is 0 Å². The first kappa shape index (κ1) is 17.3. The number of aromatic hydroxyl groups is 1. The largest absolute Gasteiger partial charge is 0.508 e. The van der Waals surface area contributed by atoms with Gasteiger partial charge in [-0.3, -0.25) is 4.79 Å². The summed E-state index contributed by atoms with van der Waals surface area (Å²) in [5.74, 6) is -2.07. The second-order valence-electron chi connectivity index (χ2n) is 5.38. The molecule has 0 atom stereocenters. The Morgan fingerprint density at radius 1 is 1.12 bits per heavy atom. The maximum atomic E-state index is 13.8. The number of hydrogen-bond acceptors (Lipinski definition) is 4. The second-order valence-corrected chi connectivity index (χ2v) is 5.38. The molecule has 1 amide bonds. The maximum absolute atomic E-state index is 13.8. The van der Waals surface area contributed by atoms with E-state index in [2.05, 4.69) is 10.3 Å².